The summed E-state index contributed by atoms with van der Waals surface area (Å²) in [7, 11) is -1.02. The molecular weight excluding hydrogens is 352 g/mol. The average molecular weight is 369 g/mol. The lowest BCUT2D eigenvalue weighted by Crippen LogP contribution is -2.20. The summed E-state index contributed by atoms with van der Waals surface area (Å²) in [5.41, 5.74) is 1.12. The van der Waals surface area contributed by atoms with E-state index in [2.05, 4.69) is 10.0 Å². The zero-order chi connectivity index (χ0) is 17.9. The number of rotatable bonds is 5. The second kappa shape index (κ2) is 7.11. The van der Waals surface area contributed by atoms with Gasteiger partial charge in [-0.1, -0.05) is 17.7 Å². The summed E-state index contributed by atoms with van der Waals surface area (Å²) >= 11 is 6.01. The summed E-state index contributed by atoms with van der Waals surface area (Å²) < 4.78 is 32.8. The van der Waals surface area contributed by atoms with Crippen molar-refractivity contribution in [3.63, 3.8) is 0 Å². The van der Waals surface area contributed by atoms with E-state index >= 15 is 0 Å². The molecule has 0 saturated heterocycles. The van der Waals surface area contributed by atoms with Crippen molar-refractivity contribution >= 4 is 33.2 Å². The summed E-state index contributed by atoms with van der Waals surface area (Å²) in [6.07, 6.45) is 0. The monoisotopic (exact) mass is 368 g/mol. The Bertz CT molecular complexity index is 882. The molecule has 0 heterocycles. The first-order chi connectivity index (χ1) is 11.3. The van der Waals surface area contributed by atoms with Gasteiger partial charge in [0, 0.05) is 12.1 Å². The Kier molecular flexibility index (Phi) is 5.36. The molecule has 0 unspecified atom stereocenters. The van der Waals surface area contributed by atoms with Gasteiger partial charge in [-0.2, -0.15) is 0 Å². The predicted octanol–water partition coefficient (Wildman–Crippen LogP) is 2.82. The highest BCUT2D eigenvalue weighted by atomic mass is 35.5. The minimum absolute atomic E-state index is 0.0544. The van der Waals surface area contributed by atoms with Gasteiger partial charge in [0.05, 0.1) is 23.3 Å². The Morgan fingerprint density at radius 1 is 1.21 bits per heavy atom. The molecule has 0 aliphatic carbocycles. The summed E-state index contributed by atoms with van der Waals surface area (Å²) in [4.78, 5) is 11.9. The fourth-order valence-electron chi connectivity index (χ4n) is 2.09. The topological polar surface area (TPSA) is 84.5 Å². The van der Waals surface area contributed by atoms with E-state index < -0.39 is 15.9 Å². The lowest BCUT2D eigenvalue weighted by Gasteiger charge is -2.13. The molecule has 2 aromatic rings. The van der Waals surface area contributed by atoms with E-state index in [1.807, 2.05) is 0 Å². The van der Waals surface area contributed by atoms with Crippen molar-refractivity contribution in [3.05, 3.63) is 52.5 Å². The molecule has 0 fully saturated rings. The Morgan fingerprint density at radius 2 is 1.92 bits per heavy atom. The van der Waals surface area contributed by atoms with Gasteiger partial charge in [0.15, 0.2) is 0 Å². The number of carbonyl (C=O) groups excluding carboxylic acids is 1. The van der Waals surface area contributed by atoms with Gasteiger partial charge in [-0.3, -0.25) is 9.52 Å². The molecule has 24 heavy (non-hydrogen) atoms. The standard InChI is InChI=1S/C16H17ClN2O4S/c1-10-13(17)5-4-6-14(10)19-24(21,22)11-7-8-15(23-3)12(9-11)16(20)18-2/h4-9,19H,1-3H3,(H,18,20). The van der Waals surface area contributed by atoms with E-state index in [4.69, 9.17) is 16.3 Å². The van der Waals surface area contributed by atoms with Crippen LogP contribution >= 0.6 is 11.6 Å². The van der Waals surface area contributed by atoms with Gasteiger partial charge in [-0.05, 0) is 42.8 Å². The highest BCUT2D eigenvalue weighted by molar-refractivity contribution is 7.92. The van der Waals surface area contributed by atoms with Crippen LogP contribution in [-0.4, -0.2) is 28.5 Å². The fourth-order valence-corrected chi connectivity index (χ4v) is 3.41. The first kappa shape index (κ1) is 18.1. The SMILES string of the molecule is CNC(=O)c1cc(S(=O)(=O)Nc2cccc(Cl)c2C)ccc1OC. The Balaban J connectivity index is 2.46. The molecule has 0 radical (unpaired) electrons. The molecule has 2 N–H and O–H groups in total. The van der Waals surface area contributed by atoms with Crippen molar-refractivity contribution in [2.45, 2.75) is 11.8 Å². The maximum Gasteiger partial charge on any atom is 0.261 e. The average Bonchev–Trinajstić information content (AvgIpc) is 2.57. The third-order valence-electron chi connectivity index (χ3n) is 3.46. The molecule has 0 atom stereocenters. The number of ether oxygens (including phenoxy) is 1. The number of amides is 1. The lowest BCUT2D eigenvalue weighted by atomic mass is 10.2. The molecule has 0 aliphatic heterocycles. The molecule has 0 spiro atoms. The zero-order valence-electron chi connectivity index (χ0n) is 13.4. The normalized spacial score (nSPS) is 11.0. The van der Waals surface area contributed by atoms with E-state index in [1.165, 1.54) is 32.4 Å². The van der Waals surface area contributed by atoms with Gasteiger partial charge in [0.1, 0.15) is 5.75 Å². The number of sulfonamides is 1. The van der Waals surface area contributed by atoms with Crippen LogP contribution in [0.4, 0.5) is 5.69 Å². The Morgan fingerprint density at radius 3 is 2.54 bits per heavy atom. The van der Waals surface area contributed by atoms with Crippen LogP contribution in [0, 0.1) is 6.92 Å². The van der Waals surface area contributed by atoms with Crippen molar-refractivity contribution in [2.24, 2.45) is 0 Å². The summed E-state index contributed by atoms with van der Waals surface area (Å²) in [6.45, 7) is 1.71. The van der Waals surface area contributed by atoms with Crippen molar-refractivity contribution in [3.8, 4) is 5.75 Å². The molecule has 8 heteroatoms. The maximum atomic E-state index is 12.6. The van der Waals surface area contributed by atoms with Gasteiger partial charge in [0.2, 0.25) is 0 Å². The number of anilines is 1. The van der Waals surface area contributed by atoms with Crippen LogP contribution in [0.2, 0.25) is 5.02 Å². The molecule has 0 bridgehead atoms. The third kappa shape index (κ3) is 3.63. The van der Waals surface area contributed by atoms with Crippen LogP contribution in [-0.2, 0) is 10.0 Å². The molecule has 2 aromatic carbocycles. The molecule has 1 amide bonds. The second-order valence-electron chi connectivity index (χ2n) is 4.96. The van der Waals surface area contributed by atoms with E-state index in [0.717, 1.165) is 0 Å². The van der Waals surface area contributed by atoms with Gasteiger partial charge >= 0.3 is 0 Å². The Hall–Kier alpha value is -2.25. The van der Waals surface area contributed by atoms with Crippen molar-refractivity contribution in [1.82, 2.24) is 5.32 Å². The van der Waals surface area contributed by atoms with E-state index in [9.17, 15) is 13.2 Å². The number of halogens is 1. The van der Waals surface area contributed by atoms with Gasteiger partial charge in [-0.25, -0.2) is 8.42 Å². The van der Waals surface area contributed by atoms with E-state index in [-0.39, 0.29) is 16.2 Å². The highest BCUT2D eigenvalue weighted by Crippen LogP contribution is 2.27. The minimum Gasteiger partial charge on any atom is -0.496 e. The first-order valence-corrected chi connectivity index (χ1v) is 8.84. The first-order valence-electron chi connectivity index (χ1n) is 6.98. The lowest BCUT2D eigenvalue weighted by molar-refractivity contribution is 0.0960. The zero-order valence-corrected chi connectivity index (χ0v) is 15.0. The van der Waals surface area contributed by atoms with E-state index in [0.29, 0.717) is 16.3 Å². The summed E-state index contributed by atoms with van der Waals surface area (Å²) in [5.74, 6) is -0.157. The maximum absolute atomic E-state index is 12.6. The number of benzene rings is 2. The van der Waals surface area contributed by atoms with Crippen LogP contribution in [0.3, 0.4) is 0 Å². The molecule has 0 aliphatic rings. The Labute approximate surface area is 145 Å². The molecule has 0 aromatic heterocycles. The van der Waals surface area contributed by atoms with Crippen LogP contribution in [0.1, 0.15) is 15.9 Å². The molecule has 2 rings (SSSR count). The minimum atomic E-state index is -3.89. The number of methoxy groups -OCH3 is 1. The van der Waals surface area contributed by atoms with Crippen LogP contribution < -0.4 is 14.8 Å². The second-order valence-corrected chi connectivity index (χ2v) is 7.05. The predicted molar refractivity (Wildman–Crippen MR) is 93.4 cm³/mol. The smallest absolute Gasteiger partial charge is 0.261 e. The number of hydrogen-bond acceptors (Lipinski definition) is 4. The quantitative estimate of drug-likeness (QED) is 0.849. The molecule has 0 saturated carbocycles. The number of hydrogen-bond donors (Lipinski definition) is 2. The van der Waals surface area contributed by atoms with Crippen molar-refractivity contribution < 1.29 is 17.9 Å². The van der Waals surface area contributed by atoms with Crippen molar-refractivity contribution in [2.75, 3.05) is 18.9 Å². The largest absolute Gasteiger partial charge is 0.496 e. The molecule has 6 nitrogen and oxygen atoms in total. The van der Waals surface area contributed by atoms with Crippen LogP contribution in [0.15, 0.2) is 41.3 Å². The summed E-state index contributed by atoms with van der Waals surface area (Å²) in [5, 5.41) is 2.90. The van der Waals surface area contributed by atoms with Crippen molar-refractivity contribution in [1.29, 1.82) is 0 Å². The van der Waals surface area contributed by atoms with Gasteiger partial charge in [-0.15, -0.1) is 0 Å². The highest BCUT2D eigenvalue weighted by Gasteiger charge is 2.20. The number of nitrogens with one attached hydrogen (secondary N) is 2. The fraction of sp³-hybridized carbons (Fsp3) is 0.188. The van der Waals surface area contributed by atoms with Gasteiger partial charge < -0.3 is 10.1 Å². The summed E-state index contributed by atoms with van der Waals surface area (Å²) in [6, 6.07) is 9.00. The molecule has 128 valence electrons. The van der Waals surface area contributed by atoms with E-state index in [1.54, 1.807) is 25.1 Å². The number of carbonyl (C=O) groups is 1. The van der Waals surface area contributed by atoms with Crippen LogP contribution in [0.25, 0.3) is 0 Å². The van der Waals surface area contributed by atoms with Gasteiger partial charge in [0.25, 0.3) is 15.9 Å². The molecular formula is C16H17ClN2O4S. The van der Waals surface area contributed by atoms with Crippen LogP contribution in [0.5, 0.6) is 5.75 Å². The third-order valence-corrected chi connectivity index (χ3v) is 5.24.